The van der Waals surface area contributed by atoms with Crippen LogP contribution in [0.25, 0.3) is 0 Å². The lowest BCUT2D eigenvalue weighted by Gasteiger charge is -2.28. The molecule has 1 aliphatic rings. The average molecular weight is 155 g/mol. The summed E-state index contributed by atoms with van der Waals surface area (Å²) >= 11 is 0. The van der Waals surface area contributed by atoms with Crippen LogP contribution < -0.4 is 5.73 Å². The molecule has 0 unspecified atom stereocenters. The van der Waals surface area contributed by atoms with Gasteiger partial charge in [0.15, 0.2) is 0 Å². The van der Waals surface area contributed by atoms with Gasteiger partial charge in [-0.1, -0.05) is 45.4 Å². The molecule has 0 spiro atoms. The summed E-state index contributed by atoms with van der Waals surface area (Å²) in [6.07, 6.45) is 8.51. The molecule has 0 aromatic carbocycles. The number of nitrogens with two attached hydrogens (primary N) is 1. The van der Waals surface area contributed by atoms with E-state index in [9.17, 15) is 0 Å². The zero-order valence-corrected chi connectivity index (χ0v) is 7.68. The van der Waals surface area contributed by atoms with Gasteiger partial charge in [0.05, 0.1) is 0 Å². The fourth-order valence-electron chi connectivity index (χ4n) is 2.30. The molecule has 0 radical (unpaired) electrons. The highest BCUT2D eigenvalue weighted by Crippen LogP contribution is 2.30. The molecule has 1 fully saturated rings. The van der Waals surface area contributed by atoms with E-state index in [1.54, 1.807) is 0 Å². The van der Waals surface area contributed by atoms with Gasteiger partial charge in [0.1, 0.15) is 0 Å². The molecule has 1 atom stereocenters. The van der Waals surface area contributed by atoms with E-state index in [0.717, 1.165) is 18.4 Å². The smallest absolute Gasteiger partial charge is 0.00463 e. The van der Waals surface area contributed by atoms with Gasteiger partial charge >= 0.3 is 0 Å². The van der Waals surface area contributed by atoms with Crippen molar-refractivity contribution in [2.45, 2.75) is 45.4 Å². The monoisotopic (exact) mass is 155 g/mol. The lowest BCUT2D eigenvalue weighted by Crippen LogP contribution is -2.24. The quantitative estimate of drug-likeness (QED) is 0.666. The molecule has 66 valence electrons. The van der Waals surface area contributed by atoms with Crippen LogP contribution in [0.5, 0.6) is 0 Å². The fraction of sp³-hybridized carbons (Fsp3) is 1.00. The SMILES string of the molecule is CC[C@H](CN)C1CCCCC1. The third-order valence-electron chi connectivity index (χ3n) is 3.14. The molecule has 1 rings (SSSR count). The Bertz CT molecular complexity index is 91.0. The maximum Gasteiger partial charge on any atom is -0.00463 e. The third-order valence-corrected chi connectivity index (χ3v) is 3.14. The van der Waals surface area contributed by atoms with Crippen molar-refractivity contribution in [3.05, 3.63) is 0 Å². The molecule has 2 N–H and O–H groups in total. The van der Waals surface area contributed by atoms with Gasteiger partial charge in [-0.3, -0.25) is 0 Å². The van der Waals surface area contributed by atoms with Crippen molar-refractivity contribution < 1.29 is 0 Å². The highest BCUT2D eigenvalue weighted by molar-refractivity contribution is 4.73. The molecule has 0 heterocycles. The summed E-state index contributed by atoms with van der Waals surface area (Å²) in [5.74, 6) is 1.77. The predicted octanol–water partition coefficient (Wildman–Crippen LogP) is 2.55. The largest absolute Gasteiger partial charge is 0.330 e. The molecule has 0 aromatic rings. The zero-order valence-electron chi connectivity index (χ0n) is 7.68. The second-order valence-corrected chi connectivity index (χ2v) is 3.80. The van der Waals surface area contributed by atoms with E-state index in [1.807, 2.05) is 0 Å². The molecule has 0 bridgehead atoms. The van der Waals surface area contributed by atoms with Crippen molar-refractivity contribution in [1.82, 2.24) is 0 Å². The first kappa shape index (κ1) is 9.05. The highest BCUT2D eigenvalue weighted by atomic mass is 14.6. The molecule has 1 aliphatic carbocycles. The van der Waals surface area contributed by atoms with Crippen molar-refractivity contribution >= 4 is 0 Å². The second-order valence-electron chi connectivity index (χ2n) is 3.80. The van der Waals surface area contributed by atoms with Crippen molar-refractivity contribution in [2.24, 2.45) is 17.6 Å². The Labute approximate surface area is 70.4 Å². The molecule has 1 saturated carbocycles. The first-order valence-corrected chi connectivity index (χ1v) is 5.08. The van der Waals surface area contributed by atoms with Crippen molar-refractivity contribution in [2.75, 3.05) is 6.54 Å². The van der Waals surface area contributed by atoms with E-state index >= 15 is 0 Å². The van der Waals surface area contributed by atoms with Crippen LogP contribution >= 0.6 is 0 Å². The Morgan fingerprint density at radius 3 is 2.36 bits per heavy atom. The summed E-state index contributed by atoms with van der Waals surface area (Å²) in [5.41, 5.74) is 5.71. The van der Waals surface area contributed by atoms with Crippen LogP contribution in [0.3, 0.4) is 0 Å². The van der Waals surface area contributed by atoms with Crippen LogP contribution in [0, 0.1) is 11.8 Å². The first-order valence-electron chi connectivity index (χ1n) is 5.08. The minimum absolute atomic E-state index is 0.815. The van der Waals surface area contributed by atoms with Gasteiger partial charge in [0.2, 0.25) is 0 Å². The number of hydrogen-bond donors (Lipinski definition) is 1. The summed E-state index contributed by atoms with van der Waals surface area (Å²) < 4.78 is 0. The molecule has 1 nitrogen and oxygen atoms in total. The van der Waals surface area contributed by atoms with Crippen molar-refractivity contribution in [1.29, 1.82) is 0 Å². The van der Waals surface area contributed by atoms with Crippen LogP contribution in [0.1, 0.15) is 45.4 Å². The van der Waals surface area contributed by atoms with Crippen LogP contribution in [0.4, 0.5) is 0 Å². The molecule has 0 amide bonds. The Morgan fingerprint density at radius 1 is 1.27 bits per heavy atom. The van der Waals surface area contributed by atoms with E-state index in [4.69, 9.17) is 5.73 Å². The van der Waals surface area contributed by atoms with Gasteiger partial charge in [-0.25, -0.2) is 0 Å². The topological polar surface area (TPSA) is 26.0 Å². The summed E-state index contributed by atoms with van der Waals surface area (Å²) in [4.78, 5) is 0. The Balaban J connectivity index is 2.30. The van der Waals surface area contributed by atoms with Gasteiger partial charge in [-0.15, -0.1) is 0 Å². The summed E-state index contributed by atoms with van der Waals surface area (Å²) in [5, 5.41) is 0. The van der Waals surface area contributed by atoms with Crippen molar-refractivity contribution in [3.63, 3.8) is 0 Å². The molecule has 11 heavy (non-hydrogen) atoms. The second kappa shape index (κ2) is 4.76. The van der Waals surface area contributed by atoms with E-state index in [-0.39, 0.29) is 0 Å². The number of rotatable bonds is 3. The van der Waals surface area contributed by atoms with E-state index in [2.05, 4.69) is 6.92 Å². The molecular formula is C10H21N. The summed E-state index contributed by atoms with van der Waals surface area (Å²) in [6.45, 7) is 3.17. The van der Waals surface area contributed by atoms with E-state index < -0.39 is 0 Å². The van der Waals surface area contributed by atoms with Crippen LogP contribution in [-0.2, 0) is 0 Å². The molecule has 0 saturated heterocycles. The highest BCUT2D eigenvalue weighted by Gasteiger charge is 2.20. The molecule has 0 aromatic heterocycles. The van der Waals surface area contributed by atoms with E-state index in [0.29, 0.717) is 0 Å². The van der Waals surface area contributed by atoms with Crippen LogP contribution in [0.15, 0.2) is 0 Å². The van der Waals surface area contributed by atoms with Crippen LogP contribution in [0.2, 0.25) is 0 Å². The predicted molar refractivity (Wildman–Crippen MR) is 49.4 cm³/mol. The Kier molecular flexibility index (Phi) is 3.92. The minimum atomic E-state index is 0.815. The normalized spacial score (nSPS) is 23.5. The van der Waals surface area contributed by atoms with Gasteiger partial charge in [-0.05, 0) is 18.4 Å². The average Bonchev–Trinajstić information content (AvgIpc) is 2.09. The zero-order chi connectivity index (χ0) is 8.10. The molecule has 0 aliphatic heterocycles. The van der Waals surface area contributed by atoms with Crippen LogP contribution in [-0.4, -0.2) is 6.54 Å². The van der Waals surface area contributed by atoms with E-state index in [1.165, 1.54) is 38.5 Å². The maximum absolute atomic E-state index is 5.71. The van der Waals surface area contributed by atoms with Gasteiger partial charge in [-0.2, -0.15) is 0 Å². The number of hydrogen-bond acceptors (Lipinski definition) is 1. The van der Waals surface area contributed by atoms with Crippen molar-refractivity contribution in [3.8, 4) is 0 Å². The third kappa shape index (κ3) is 2.48. The molecule has 1 heteroatoms. The van der Waals surface area contributed by atoms with Gasteiger partial charge in [0, 0.05) is 0 Å². The van der Waals surface area contributed by atoms with Gasteiger partial charge in [0.25, 0.3) is 0 Å². The van der Waals surface area contributed by atoms with Gasteiger partial charge < -0.3 is 5.73 Å². The maximum atomic E-state index is 5.71. The summed E-state index contributed by atoms with van der Waals surface area (Å²) in [6, 6.07) is 0. The standard InChI is InChI=1S/C10H21N/c1-2-9(8-11)10-6-4-3-5-7-10/h9-10H,2-8,11H2,1H3/t9-/m1/s1. The molecular weight excluding hydrogens is 134 g/mol. The minimum Gasteiger partial charge on any atom is -0.330 e. The Morgan fingerprint density at radius 2 is 1.91 bits per heavy atom. The first-order chi connectivity index (χ1) is 5.38. The Hall–Kier alpha value is -0.0400. The summed E-state index contributed by atoms with van der Waals surface area (Å²) in [7, 11) is 0. The lowest BCUT2D eigenvalue weighted by molar-refractivity contribution is 0.247. The fourth-order valence-corrected chi connectivity index (χ4v) is 2.30. The lowest BCUT2D eigenvalue weighted by atomic mass is 9.79.